The maximum absolute atomic E-state index is 4.12. The van der Waals surface area contributed by atoms with Gasteiger partial charge in [0.15, 0.2) is 5.82 Å². The van der Waals surface area contributed by atoms with Crippen molar-refractivity contribution in [3.8, 4) is 11.5 Å². The van der Waals surface area contributed by atoms with Crippen LogP contribution in [0, 0.1) is 0 Å². The Bertz CT molecular complexity index is 407. The van der Waals surface area contributed by atoms with Crippen LogP contribution in [-0.4, -0.2) is 30.6 Å². The standard InChI is InChI=1S/C7H6N6/c1-2-6-8-4-3-5(9-6)7-10-12-13-11-7/h2-4H,1H2,(H,10,11,12,13). The average Bonchev–Trinajstić information content (AvgIpc) is 2.71. The third-order valence-corrected chi connectivity index (χ3v) is 1.43. The summed E-state index contributed by atoms with van der Waals surface area (Å²) in [5.41, 5.74) is 0.624. The highest BCUT2D eigenvalue weighted by Crippen LogP contribution is 2.08. The molecule has 2 aromatic rings. The van der Waals surface area contributed by atoms with E-state index in [1.54, 1.807) is 18.3 Å². The molecule has 0 unspecified atom stereocenters. The summed E-state index contributed by atoms with van der Waals surface area (Å²) in [5, 5.41) is 13.4. The van der Waals surface area contributed by atoms with Crippen LogP contribution >= 0.6 is 0 Å². The molecule has 0 fully saturated rings. The van der Waals surface area contributed by atoms with E-state index in [0.717, 1.165) is 0 Å². The molecule has 2 heterocycles. The zero-order valence-electron chi connectivity index (χ0n) is 6.68. The molecule has 0 spiro atoms. The van der Waals surface area contributed by atoms with Gasteiger partial charge in [0, 0.05) is 6.20 Å². The van der Waals surface area contributed by atoms with Crippen LogP contribution in [0.15, 0.2) is 18.8 Å². The first-order valence-electron chi connectivity index (χ1n) is 3.59. The van der Waals surface area contributed by atoms with Crippen LogP contribution in [0.1, 0.15) is 5.82 Å². The highest BCUT2D eigenvalue weighted by molar-refractivity contribution is 5.49. The number of nitrogens with one attached hydrogen (secondary N) is 1. The summed E-state index contributed by atoms with van der Waals surface area (Å²) >= 11 is 0. The predicted molar refractivity (Wildman–Crippen MR) is 45.3 cm³/mol. The third-order valence-electron chi connectivity index (χ3n) is 1.43. The van der Waals surface area contributed by atoms with Crippen molar-refractivity contribution in [2.45, 2.75) is 0 Å². The van der Waals surface area contributed by atoms with Gasteiger partial charge in [0.05, 0.1) is 0 Å². The molecular weight excluding hydrogens is 168 g/mol. The van der Waals surface area contributed by atoms with Gasteiger partial charge < -0.3 is 0 Å². The maximum atomic E-state index is 4.12. The van der Waals surface area contributed by atoms with E-state index in [9.17, 15) is 0 Å². The van der Waals surface area contributed by atoms with Gasteiger partial charge in [0.2, 0.25) is 5.82 Å². The lowest BCUT2D eigenvalue weighted by Crippen LogP contribution is -1.91. The van der Waals surface area contributed by atoms with Crippen molar-refractivity contribution in [2.75, 3.05) is 0 Å². The molecule has 0 amide bonds. The zero-order valence-corrected chi connectivity index (χ0v) is 6.68. The number of aromatic amines is 1. The third kappa shape index (κ3) is 1.41. The molecule has 0 aliphatic carbocycles. The van der Waals surface area contributed by atoms with Gasteiger partial charge in [0.25, 0.3) is 0 Å². The van der Waals surface area contributed by atoms with Crippen molar-refractivity contribution in [1.82, 2.24) is 30.6 Å². The second-order valence-corrected chi connectivity index (χ2v) is 2.24. The molecule has 64 valence electrons. The van der Waals surface area contributed by atoms with E-state index in [-0.39, 0.29) is 0 Å². The Kier molecular flexibility index (Phi) is 1.79. The topological polar surface area (TPSA) is 80.2 Å². The van der Waals surface area contributed by atoms with E-state index < -0.39 is 0 Å². The number of nitrogens with zero attached hydrogens (tertiary/aromatic N) is 5. The number of H-pyrrole nitrogens is 1. The minimum absolute atomic E-state index is 0.450. The minimum Gasteiger partial charge on any atom is -0.237 e. The molecule has 0 bridgehead atoms. The molecule has 6 nitrogen and oxygen atoms in total. The summed E-state index contributed by atoms with van der Waals surface area (Å²) in [5.74, 6) is 0.993. The largest absolute Gasteiger partial charge is 0.237 e. The Balaban J connectivity index is 2.47. The fourth-order valence-electron chi connectivity index (χ4n) is 0.867. The van der Waals surface area contributed by atoms with E-state index in [4.69, 9.17) is 0 Å². The van der Waals surface area contributed by atoms with Gasteiger partial charge in [-0.3, -0.25) is 0 Å². The number of aromatic nitrogens is 6. The normalized spacial score (nSPS) is 9.85. The van der Waals surface area contributed by atoms with E-state index >= 15 is 0 Å². The Morgan fingerprint density at radius 2 is 2.38 bits per heavy atom. The smallest absolute Gasteiger partial charge is 0.223 e. The highest BCUT2D eigenvalue weighted by Gasteiger charge is 2.03. The monoisotopic (exact) mass is 174 g/mol. The van der Waals surface area contributed by atoms with Crippen LogP contribution in [0.25, 0.3) is 17.6 Å². The number of tetrazole rings is 1. The van der Waals surface area contributed by atoms with Gasteiger partial charge in [-0.05, 0) is 17.4 Å². The lowest BCUT2D eigenvalue weighted by Gasteiger charge is -1.93. The van der Waals surface area contributed by atoms with Crippen molar-refractivity contribution in [1.29, 1.82) is 0 Å². The summed E-state index contributed by atoms with van der Waals surface area (Å²) in [6.45, 7) is 3.56. The molecule has 0 radical (unpaired) electrons. The minimum atomic E-state index is 0.450. The Morgan fingerprint density at radius 1 is 1.46 bits per heavy atom. The van der Waals surface area contributed by atoms with Crippen LogP contribution in [-0.2, 0) is 0 Å². The molecule has 6 heteroatoms. The Hall–Kier alpha value is -2.11. The molecular formula is C7H6N6. The average molecular weight is 174 g/mol. The lowest BCUT2D eigenvalue weighted by molar-refractivity contribution is 0.881. The fourth-order valence-corrected chi connectivity index (χ4v) is 0.867. The quantitative estimate of drug-likeness (QED) is 0.708. The summed E-state index contributed by atoms with van der Waals surface area (Å²) in [6, 6.07) is 1.71. The lowest BCUT2D eigenvalue weighted by atomic mass is 10.4. The van der Waals surface area contributed by atoms with Gasteiger partial charge >= 0.3 is 0 Å². The van der Waals surface area contributed by atoms with E-state index in [1.165, 1.54) is 0 Å². The summed E-state index contributed by atoms with van der Waals surface area (Å²) < 4.78 is 0. The molecule has 0 aromatic carbocycles. The van der Waals surface area contributed by atoms with Crippen molar-refractivity contribution >= 4 is 6.08 Å². The van der Waals surface area contributed by atoms with Gasteiger partial charge in [0.1, 0.15) is 5.69 Å². The highest BCUT2D eigenvalue weighted by atomic mass is 15.5. The molecule has 0 aliphatic heterocycles. The van der Waals surface area contributed by atoms with Gasteiger partial charge in [-0.15, -0.1) is 10.2 Å². The van der Waals surface area contributed by atoms with E-state index in [0.29, 0.717) is 17.3 Å². The number of hydrogen-bond donors (Lipinski definition) is 1. The molecule has 2 aromatic heterocycles. The second kappa shape index (κ2) is 3.10. The molecule has 1 N–H and O–H groups in total. The van der Waals surface area contributed by atoms with Crippen LogP contribution in [0.5, 0.6) is 0 Å². The van der Waals surface area contributed by atoms with Gasteiger partial charge in [-0.25, -0.2) is 9.97 Å². The first-order valence-corrected chi connectivity index (χ1v) is 3.59. The molecule has 2 rings (SSSR count). The molecule has 0 aliphatic rings. The summed E-state index contributed by atoms with van der Waals surface area (Å²) in [4.78, 5) is 8.07. The van der Waals surface area contributed by atoms with Gasteiger partial charge in [-0.2, -0.15) is 5.21 Å². The van der Waals surface area contributed by atoms with Crippen LogP contribution in [0.4, 0.5) is 0 Å². The second-order valence-electron chi connectivity index (χ2n) is 2.24. The molecule has 13 heavy (non-hydrogen) atoms. The van der Waals surface area contributed by atoms with Gasteiger partial charge in [-0.1, -0.05) is 6.58 Å². The molecule has 0 saturated heterocycles. The molecule has 0 atom stereocenters. The first-order chi connectivity index (χ1) is 6.40. The maximum Gasteiger partial charge on any atom is 0.223 e. The Morgan fingerprint density at radius 3 is 3.08 bits per heavy atom. The van der Waals surface area contributed by atoms with Crippen LogP contribution in [0.3, 0.4) is 0 Å². The summed E-state index contributed by atoms with van der Waals surface area (Å²) in [6.07, 6.45) is 3.18. The number of hydrogen-bond acceptors (Lipinski definition) is 5. The van der Waals surface area contributed by atoms with Crippen molar-refractivity contribution in [3.05, 3.63) is 24.7 Å². The first kappa shape index (κ1) is 7.53. The van der Waals surface area contributed by atoms with Crippen molar-refractivity contribution in [2.24, 2.45) is 0 Å². The van der Waals surface area contributed by atoms with Crippen molar-refractivity contribution < 1.29 is 0 Å². The van der Waals surface area contributed by atoms with E-state index in [2.05, 4.69) is 37.2 Å². The predicted octanol–water partition coefficient (Wildman–Crippen LogP) is 0.300. The SMILES string of the molecule is C=Cc1nccc(-c2nn[nH]n2)n1. The Labute approximate surface area is 73.7 Å². The number of rotatable bonds is 2. The molecule has 0 saturated carbocycles. The van der Waals surface area contributed by atoms with Crippen LogP contribution < -0.4 is 0 Å². The van der Waals surface area contributed by atoms with Crippen LogP contribution in [0.2, 0.25) is 0 Å². The van der Waals surface area contributed by atoms with Crippen molar-refractivity contribution in [3.63, 3.8) is 0 Å². The fraction of sp³-hybridized carbons (Fsp3) is 0. The van der Waals surface area contributed by atoms with E-state index in [1.807, 2.05) is 0 Å². The zero-order chi connectivity index (χ0) is 9.10. The summed E-state index contributed by atoms with van der Waals surface area (Å²) in [7, 11) is 0.